The van der Waals surface area contributed by atoms with Gasteiger partial charge in [-0.2, -0.15) is 0 Å². The molecular formula is C18H12ClN3O2S. The van der Waals surface area contributed by atoms with Gasteiger partial charge in [0.05, 0.1) is 10.3 Å². The molecule has 0 radical (unpaired) electrons. The average Bonchev–Trinajstić information content (AvgIpc) is 3.04. The minimum absolute atomic E-state index is 0.185. The van der Waals surface area contributed by atoms with Gasteiger partial charge >= 0.3 is 0 Å². The first-order valence-corrected chi connectivity index (χ1v) is 8.71. The summed E-state index contributed by atoms with van der Waals surface area (Å²) in [6.07, 6.45) is 1.66. The van der Waals surface area contributed by atoms with Crippen molar-refractivity contribution in [2.75, 3.05) is 5.32 Å². The minimum atomic E-state index is -0.290. The Balaban J connectivity index is 1.78. The zero-order valence-corrected chi connectivity index (χ0v) is 14.7. The molecule has 3 heterocycles. The smallest absolute Gasteiger partial charge is 0.266 e. The molecule has 0 fully saturated rings. The van der Waals surface area contributed by atoms with Crippen molar-refractivity contribution in [3.05, 3.63) is 74.5 Å². The van der Waals surface area contributed by atoms with E-state index < -0.39 is 0 Å². The molecule has 0 aliphatic rings. The number of rotatable bonds is 2. The third kappa shape index (κ3) is 2.69. The lowest BCUT2D eigenvalue weighted by molar-refractivity contribution is 0.103. The van der Waals surface area contributed by atoms with Gasteiger partial charge in [-0.1, -0.05) is 23.7 Å². The summed E-state index contributed by atoms with van der Waals surface area (Å²) in [5, 5.41) is 3.86. The molecule has 0 atom stereocenters. The maximum Gasteiger partial charge on any atom is 0.266 e. The molecule has 0 spiro atoms. The molecule has 0 saturated heterocycles. The number of benzene rings is 1. The molecular weight excluding hydrogens is 358 g/mol. The second-order valence-electron chi connectivity index (χ2n) is 5.54. The van der Waals surface area contributed by atoms with Crippen LogP contribution in [0.15, 0.2) is 53.5 Å². The fourth-order valence-electron chi connectivity index (χ4n) is 2.59. The normalized spacial score (nSPS) is 11.1. The van der Waals surface area contributed by atoms with Crippen LogP contribution >= 0.6 is 22.9 Å². The third-order valence-electron chi connectivity index (χ3n) is 3.96. The van der Waals surface area contributed by atoms with Gasteiger partial charge < -0.3 is 5.32 Å². The Morgan fingerprint density at radius 2 is 2.08 bits per heavy atom. The Hall–Kier alpha value is -2.70. The van der Waals surface area contributed by atoms with Gasteiger partial charge in [0.25, 0.3) is 11.5 Å². The molecule has 0 bridgehead atoms. The number of halogens is 1. The van der Waals surface area contributed by atoms with Crippen LogP contribution in [0.3, 0.4) is 0 Å². The summed E-state index contributed by atoms with van der Waals surface area (Å²) in [6.45, 7) is 1.84. The highest BCUT2D eigenvalue weighted by atomic mass is 35.5. The number of thiophene rings is 1. The maximum atomic E-state index is 12.6. The lowest BCUT2D eigenvalue weighted by atomic mass is 10.2. The lowest BCUT2D eigenvalue weighted by Crippen LogP contribution is -2.14. The molecule has 0 aliphatic carbocycles. The van der Waals surface area contributed by atoms with Crippen molar-refractivity contribution in [2.45, 2.75) is 6.92 Å². The molecule has 25 heavy (non-hydrogen) atoms. The number of fused-ring (bicyclic) bond motifs is 2. The number of nitrogens with one attached hydrogen (secondary N) is 1. The van der Waals surface area contributed by atoms with Gasteiger partial charge in [-0.15, -0.1) is 11.3 Å². The molecule has 7 heteroatoms. The van der Waals surface area contributed by atoms with Gasteiger partial charge in [0.1, 0.15) is 10.5 Å². The van der Waals surface area contributed by atoms with Crippen molar-refractivity contribution < 1.29 is 4.79 Å². The number of hydrogen-bond acceptors (Lipinski definition) is 4. The maximum absolute atomic E-state index is 12.6. The number of hydrogen-bond donors (Lipinski definition) is 1. The summed E-state index contributed by atoms with van der Waals surface area (Å²) in [6, 6.07) is 12.3. The van der Waals surface area contributed by atoms with E-state index in [1.807, 2.05) is 13.0 Å². The summed E-state index contributed by atoms with van der Waals surface area (Å²) < 4.78 is 1.47. The molecule has 4 rings (SSSR count). The molecule has 0 aliphatic heterocycles. The zero-order chi connectivity index (χ0) is 17.6. The molecule has 0 saturated carbocycles. The van der Waals surface area contributed by atoms with E-state index in [-0.39, 0.29) is 11.5 Å². The number of carbonyl (C=O) groups excluding carboxylic acids is 1. The number of pyridine rings is 1. The Bertz CT molecular complexity index is 1200. The Labute approximate surface area is 151 Å². The number of amides is 1. The van der Waals surface area contributed by atoms with E-state index in [0.29, 0.717) is 31.5 Å². The predicted octanol–water partition coefficient (Wildman–Crippen LogP) is 4.12. The second-order valence-corrected chi connectivity index (χ2v) is 6.98. The SMILES string of the molecule is Cc1c(Cl)cccc1NC(=O)c1cc2c(=O)n3ccccc3nc2s1. The lowest BCUT2D eigenvalue weighted by Gasteiger charge is -2.08. The number of nitrogens with zero attached hydrogens (tertiary/aromatic N) is 2. The Kier molecular flexibility index (Phi) is 3.78. The standard InChI is InChI=1S/C18H12ClN3O2S/c1-10-12(19)5-4-6-13(10)20-16(23)14-9-11-17(25-14)21-15-7-2-3-8-22(15)18(11)24/h2-9H,1H3,(H,20,23). The molecule has 124 valence electrons. The van der Waals surface area contributed by atoms with E-state index in [2.05, 4.69) is 10.3 Å². The van der Waals surface area contributed by atoms with Crippen LogP contribution in [0.5, 0.6) is 0 Å². The van der Waals surface area contributed by atoms with Crippen LogP contribution in [0.25, 0.3) is 15.9 Å². The van der Waals surface area contributed by atoms with Gasteiger partial charge in [-0.3, -0.25) is 14.0 Å². The highest BCUT2D eigenvalue weighted by Crippen LogP contribution is 2.26. The summed E-state index contributed by atoms with van der Waals surface area (Å²) in [5.74, 6) is -0.290. The van der Waals surface area contributed by atoms with Crippen LogP contribution in [0, 0.1) is 6.92 Å². The van der Waals surface area contributed by atoms with Gasteiger partial charge in [-0.25, -0.2) is 4.98 Å². The highest BCUT2D eigenvalue weighted by Gasteiger charge is 2.16. The molecule has 1 N–H and O–H groups in total. The Morgan fingerprint density at radius 3 is 2.92 bits per heavy atom. The third-order valence-corrected chi connectivity index (χ3v) is 5.39. The number of anilines is 1. The van der Waals surface area contributed by atoms with E-state index in [0.717, 1.165) is 5.56 Å². The Morgan fingerprint density at radius 1 is 1.24 bits per heavy atom. The van der Waals surface area contributed by atoms with E-state index >= 15 is 0 Å². The topological polar surface area (TPSA) is 63.5 Å². The zero-order valence-electron chi connectivity index (χ0n) is 13.1. The molecule has 3 aromatic heterocycles. The van der Waals surface area contributed by atoms with Gasteiger partial charge in [0, 0.05) is 16.9 Å². The molecule has 4 aromatic rings. The highest BCUT2D eigenvalue weighted by molar-refractivity contribution is 7.20. The molecule has 1 amide bonds. The van der Waals surface area contributed by atoms with E-state index in [1.54, 1.807) is 42.6 Å². The fraction of sp³-hybridized carbons (Fsp3) is 0.0556. The van der Waals surface area contributed by atoms with Crippen LogP contribution in [0.4, 0.5) is 5.69 Å². The monoisotopic (exact) mass is 369 g/mol. The van der Waals surface area contributed by atoms with Crippen molar-refractivity contribution in [1.29, 1.82) is 0 Å². The first kappa shape index (κ1) is 15.8. The molecule has 1 aromatic carbocycles. The van der Waals surface area contributed by atoms with Crippen molar-refractivity contribution in [3.8, 4) is 0 Å². The van der Waals surface area contributed by atoms with Crippen LogP contribution < -0.4 is 10.9 Å². The summed E-state index contributed by atoms with van der Waals surface area (Å²) in [7, 11) is 0. The van der Waals surface area contributed by atoms with E-state index in [1.165, 1.54) is 15.7 Å². The van der Waals surface area contributed by atoms with Crippen LogP contribution in [-0.4, -0.2) is 15.3 Å². The van der Waals surface area contributed by atoms with Crippen molar-refractivity contribution in [1.82, 2.24) is 9.38 Å². The van der Waals surface area contributed by atoms with Crippen molar-refractivity contribution in [3.63, 3.8) is 0 Å². The first-order chi connectivity index (χ1) is 12.0. The van der Waals surface area contributed by atoms with Crippen molar-refractivity contribution >= 4 is 50.4 Å². The largest absolute Gasteiger partial charge is 0.321 e. The second kappa shape index (κ2) is 5.98. The minimum Gasteiger partial charge on any atom is -0.321 e. The first-order valence-electron chi connectivity index (χ1n) is 7.52. The molecule has 5 nitrogen and oxygen atoms in total. The van der Waals surface area contributed by atoms with Crippen LogP contribution in [-0.2, 0) is 0 Å². The summed E-state index contributed by atoms with van der Waals surface area (Å²) in [4.78, 5) is 30.6. The van der Waals surface area contributed by atoms with E-state index in [9.17, 15) is 9.59 Å². The summed E-state index contributed by atoms with van der Waals surface area (Å²) >= 11 is 7.28. The fourth-order valence-corrected chi connectivity index (χ4v) is 3.69. The van der Waals surface area contributed by atoms with E-state index in [4.69, 9.17) is 11.6 Å². The van der Waals surface area contributed by atoms with Gasteiger partial charge in [0.15, 0.2) is 0 Å². The summed E-state index contributed by atoms with van der Waals surface area (Å²) in [5.41, 5.74) is 1.81. The van der Waals surface area contributed by atoms with Crippen molar-refractivity contribution in [2.24, 2.45) is 0 Å². The molecule has 0 unspecified atom stereocenters. The van der Waals surface area contributed by atoms with Crippen LogP contribution in [0.1, 0.15) is 15.2 Å². The predicted molar refractivity (Wildman–Crippen MR) is 101 cm³/mol. The van der Waals surface area contributed by atoms with Gasteiger partial charge in [0.2, 0.25) is 0 Å². The number of carbonyl (C=O) groups is 1. The number of aromatic nitrogens is 2. The average molecular weight is 370 g/mol. The quantitative estimate of drug-likeness (QED) is 0.578. The van der Waals surface area contributed by atoms with Gasteiger partial charge in [-0.05, 0) is 42.8 Å². The van der Waals surface area contributed by atoms with Crippen LogP contribution in [0.2, 0.25) is 5.02 Å².